The van der Waals surface area contributed by atoms with E-state index >= 15 is 0 Å². The molecule has 1 heterocycles. The second kappa shape index (κ2) is 6.64. The van der Waals surface area contributed by atoms with Gasteiger partial charge in [0, 0.05) is 53.0 Å². The number of imide groups is 1. The fourth-order valence-corrected chi connectivity index (χ4v) is 2.42. The van der Waals surface area contributed by atoms with Crippen LogP contribution >= 0.6 is 0 Å². The maximum Gasteiger partial charge on any atom is 0.328 e. The first kappa shape index (κ1) is 16.1. The summed E-state index contributed by atoms with van der Waals surface area (Å²) in [5, 5.41) is 0. The summed E-state index contributed by atoms with van der Waals surface area (Å²) in [6, 6.07) is 5.76. The van der Waals surface area contributed by atoms with Crippen molar-refractivity contribution < 1.29 is 14.0 Å². The Kier molecular flexibility index (Phi) is 4.85. The van der Waals surface area contributed by atoms with Gasteiger partial charge in [-0.2, -0.15) is 0 Å². The second-order valence-electron chi connectivity index (χ2n) is 5.47. The zero-order valence-electron chi connectivity index (χ0n) is 13.1. The van der Waals surface area contributed by atoms with E-state index in [4.69, 9.17) is 0 Å². The molecular formula is C15H21FN4O2. The van der Waals surface area contributed by atoms with Crippen molar-refractivity contribution in [3.05, 3.63) is 30.1 Å². The SMILES string of the molecule is CN(C)C(=O)N(C)C(=O)N1CCN(c2cccc(F)c2)CC1. The van der Waals surface area contributed by atoms with E-state index in [1.165, 1.54) is 24.1 Å². The first-order valence-electron chi connectivity index (χ1n) is 7.14. The summed E-state index contributed by atoms with van der Waals surface area (Å²) in [5.74, 6) is -0.271. The molecule has 1 fully saturated rings. The smallest absolute Gasteiger partial charge is 0.328 e. The Morgan fingerprint density at radius 1 is 1.09 bits per heavy atom. The zero-order chi connectivity index (χ0) is 16.3. The highest BCUT2D eigenvalue weighted by molar-refractivity contribution is 5.93. The molecular weight excluding hydrogens is 287 g/mol. The molecule has 1 aliphatic heterocycles. The van der Waals surface area contributed by atoms with Crippen LogP contribution in [-0.4, -0.2) is 74.1 Å². The molecule has 120 valence electrons. The van der Waals surface area contributed by atoms with Crippen LogP contribution in [0.5, 0.6) is 0 Å². The Hall–Kier alpha value is -2.31. The molecule has 22 heavy (non-hydrogen) atoms. The number of urea groups is 2. The molecule has 0 bridgehead atoms. The van der Waals surface area contributed by atoms with Crippen LogP contribution in [-0.2, 0) is 0 Å². The van der Waals surface area contributed by atoms with Crippen molar-refractivity contribution in [2.24, 2.45) is 0 Å². The highest BCUT2D eigenvalue weighted by Crippen LogP contribution is 2.18. The van der Waals surface area contributed by atoms with E-state index in [0.29, 0.717) is 26.2 Å². The fraction of sp³-hybridized carbons (Fsp3) is 0.467. The lowest BCUT2D eigenvalue weighted by Crippen LogP contribution is -2.54. The summed E-state index contributed by atoms with van der Waals surface area (Å²) in [6.07, 6.45) is 0. The molecule has 6 nitrogen and oxygen atoms in total. The molecule has 1 aromatic carbocycles. The van der Waals surface area contributed by atoms with Gasteiger partial charge in [0.15, 0.2) is 0 Å². The molecule has 0 radical (unpaired) electrons. The number of piperazine rings is 1. The van der Waals surface area contributed by atoms with Gasteiger partial charge in [-0.25, -0.2) is 18.9 Å². The van der Waals surface area contributed by atoms with E-state index < -0.39 is 0 Å². The summed E-state index contributed by atoms with van der Waals surface area (Å²) in [4.78, 5) is 30.2. The van der Waals surface area contributed by atoms with Crippen molar-refractivity contribution >= 4 is 17.7 Å². The second-order valence-corrected chi connectivity index (χ2v) is 5.47. The number of benzene rings is 1. The van der Waals surface area contributed by atoms with Gasteiger partial charge in [0.25, 0.3) is 0 Å². The number of carbonyl (C=O) groups is 2. The third kappa shape index (κ3) is 3.47. The molecule has 0 atom stereocenters. The number of rotatable bonds is 1. The van der Waals surface area contributed by atoms with Crippen molar-refractivity contribution in [1.29, 1.82) is 0 Å². The monoisotopic (exact) mass is 308 g/mol. The molecule has 0 spiro atoms. The zero-order valence-corrected chi connectivity index (χ0v) is 13.1. The van der Waals surface area contributed by atoms with Gasteiger partial charge in [-0.1, -0.05) is 6.07 Å². The first-order valence-corrected chi connectivity index (χ1v) is 7.14. The summed E-state index contributed by atoms with van der Waals surface area (Å²) in [7, 11) is 4.69. The van der Waals surface area contributed by atoms with E-state index in [-0.39, 0.29) is 17.9 Å². The summed E-state index contributed by atoms with van der Waals surface area (Å²) < 4.78 is 13.3. The quantitative estimate of drug-likeness (QED) is 0.793. The minimum atomic E-state index is -0.349. The average molecular weight is 308 g/mol. The van der Waals surface area contributed by atoms with Gasteiger partial charge in [0.1, 0.15) is 5.82 Å². The van der Waals surface area contributed by atoms with Crippen LogP contribution in [0.15, 0.2) is 24.3 Å². The maximum absolute atomic E-state index is 13.3. The lowest BCUT2D eigenvalue weighted by Gasteiger charge is -2.37. The maximum atomic E-state index is 13.3. The Morgan fingerprint density at radius 3 is 2.27 bits per heavy atom. The van der Waals surface area contributed by atoms with Crippen molar-refractivity contribution in [3.63, 3.8) is 0 Å². The topological polar surface area (TPSA) is 47.1 Å². The van der Waals surface area contributed by atoms with Gasteiger partial charge < -0.3 is 14.7 Å². The number of hydrogen-bond donors (Lipinski definition) is 0. The van der Waals surface area contributed by atoms with Crippen LogP contribution in [0.2, 0.25) is 0 Å². The van der Waals surface area contributed by atoms with Crippen molar-refractivity contribution in [2.75, 3.05) is 52.2 Å². The van der Waals surface area contributed by atoms with Crippen LogP contribution in [0, 0.1) is 5.82 Å². The molecule has 0 saturated carbocycles. The number of halogens is 1. The number of hydrogen-bond acceptors (Lipinski definition) is 3. The van der Waals surface area contributed by atoms with E-state index in [2.05, 4.69) is 0 Å². The molecule has 1 saturated heterocycles. The van der Waals surface area contributed by atoms with Crippen molar-refractivity contribution in [2.45, 2.75) is 0 Å². The number of nitrogens with zero attached hydrogens (tertiary/aromatic N) is 4. The van der Waals surface area contributed by atoms with Crippen molar-refractivity contribution in [1.82, 2.24) is 14.7 Å². The third-order valence-corrected chi connectivity index (χ3v) is 3.68. The minimum Gasteiger partial charge on any atom is -0.368 e. The molecule has 1 aliphatic rings. The Labute approximate surface area is 129 Å². The number of anilines is 1. The lowest BCUT2D eigenvalue weighted by atomic mass is 10.2. The highest BCUT2D eigenvalue weighted by atomic mass is 19.1. The molecule has 7 heteroatoms. The van der Waals surface area contributed by atoms with Crippen molar-refractivity contribution in [3.8, 4) is 0 Å². The highest BCUT2D eigenvalue weighted by Gasteiger charge is 2.27. The van der Waals surface area contributed by atoms with E-state index in [9.17, 15) is 14.0 Å². The van der Waals surface area contributed by atoms with E-state index in [1.807, 2.05) is 11.0 Å². The van der Waals surface area contributed by atoms with Gasteiger partial charge in [-0.15, -0.1) is 0 Å². The Bertz CT molecular complexity index is 556. The molecule has 1 aromatic rings. The normalized spacial score (nSPS) is 14.7. The van der Waals surface area contributed by atoms with Gasteiger partial charge in [-0.3, -0.25) is 0 Å². The van der Waals surface area contributed by atoms with Gasteiger partial charge >= 0.3 is 12.1 Å². The van der Waals surface area contributed by atoms with E-state index in [1.54, 1.807) is 25.1 Å². The Morgan fingerprint density at radius 2 is 1.73 bits per heavy atom. The van der Waals surface area contributed by atoms with Gasteiger partial charge in [0.2, 0.25) is 0 Å². The van der Waals surface area contributed by atoms with Gasteiger partial charge in [-0.05, 0) is 18.2 Å². The molecule has 0 unspecified atom stereocenters. The molecule has 2 rings (SSSR count). The van der Waals surface area contributed by atoms with Crippen LogP contribution in [0.3, 0.4) is 0 Å². The minimum absolute atomic E-state index is 0.271. The number of carbonyl (C=O) groups excluding carboxylic acids is 2. The van der Waals surface area contributed by atoms with E-state index in [0.717, 1.165) is 10.6 Å². The van der Waals surface area contributed by atoms with Crippen LogP contribution < -0.4 is 4.90 Å². The van der Waals surface area contributed by atoms with Crippen LogP contribution in [0.25, 0.3) is 0 Å². The predicted molar refractivity (Wildman–Crippen MR) is 82.4 cm³/mol. The molecule has 0 aromatic heterocycles. The number of amides is 4. The lowest BCUT2D eigenvalue weighted by molar-refractivity contribution is 0.149. The average Bonchev–Trinajstić information content (AvgIpc) is 2.52. The van der Waals surface area contributed by atoms with Crippen LogP contribution in [0.4, 0.5) is 19.7 Å². The first-order chi connectivity index (χ1) is 10.4. The fourth-order valence-electron chi connectivity index (χ4n) is 2.42. The summed E-state index contributed by atoms with van der Waals surface area (Å²) in [6.45, 7) is 2.22. The summed E-state index contributed by atoms with van der Waals surface area (Å²) >= 11 is 0. The largest absolute Gasteiger partial charge is 0.368 e. The molecule has 0 N–H and O–H groups in total. The van der Waals surface area contributed by atoms with Crippen LogP contribution in [0.1, 0.15) is 0 Å². The standard InChI is InChI=1S/C15H21FN4O2/c1-17(2)14(21)18(3)15(22)20-9-7-19(8-10-20)13-6-4-5-12(16)11-13/h4-6,11H,7-10H2,1-3H3. The molecule has 4 amide bonds. The third-order valence-electron chi connectivity index (χ3n) is 3.68. The predicted octanol–water partition coefficient (Wildman–Crippen LogP) is 1.68. The summed E-state index contributed by atoms with van der Waals surface area (Å²) in [5.41, 5.74) is 0.810. The molecule has 0 aliphatic carbocycles. The Balaban J connectivity index is 1.94. The van der Waals surface area contributed by atoms with Gasteiger partial charge in [0.05, 0.1) is 0 Å².